The van der Waals surface area contributed by atoms with Crippen LogP contribution in [-0.4, -0.2) is 29.2 Å². The van der Waals surface area contributed by atoms with Gasteiger partial charge in [0.15, 0.2) is 5.78 Å². The topological polar surface area (TPSA) is 49.4 Å². The number of nitrogens with one attached hydrogen (secondary N) is 1. The summed E-state index contributed by atoms with van der Waals surface area (Å²) in [5.41, 5.74) is 2.78. The van der Waals surface area contributed by atoms with Crippen molar-refractivity contribution in [1.82, 2.24) is 4.90 Å². The number of hydrogen-bond acceptors (Lipinski definition) is 3. The number of carbonyl (C=O) groups excluding carboxylic acids is 2. The first kappa shape index (κ1) is 23.0. The summed E-state index contributed by atoms with van der Waals surface area (Å²) >= 11 is 5.98. The second-order valence-electron chi connectivity index (χ2n) is 7.48. The van der Waals surface area contributed by atoms with Gasteiger partial charge in [-0.15, -0.1) is 12.4 Å². The molecule has 0 aliphatic carbocycles. The van der Waals surface area contributed by atoms with E-state index in [1.807, 2.05) is 54.6 Å². The molecule has 1 saturated heterocycles. The van der Waals surface area contributed by atoms with E-state index in [0.717, 1.165) is 24.9 Å². The van der Waals surface area contributed by atoms with Crippen LogP contribution in [0, 0.1) is 0 Å². The molecule has 6 heteroatoms. The monoisotopic (exact) mass is 454 g/mol. The number of carbonyl (C=O) groups is 2. The van der Waals surface area contributed by atoms with Gasteiger partial charge in [-0.1, -0.05) is 66.2 Å². The van der Waals surface area contributed by atoms with Gasteiger partial charge in [-0.05, 0) is 49.2 Å². The first-order valence-electron chi connectivity index (χ1n) is 10.1. The van der Waals surface area contributed by atoms with Crippen LogP contribution in [0.2, 0.25) is 5.02 Å². The molecule has 3 aromatic carbocycles. The Morgan fingerprint density at radius 3 is 2.35 bits per heavy atom. The molecule has 1 aliphatic heterocycles. The van der Waals surface area contributed by atoms with Gasteiger partial charge in [-0.2, -0.15) is 0 Å². The van der Waals surface area contributed by atoms with Crippen LogP contribution in [0.15, 0.2) is 78.9 Å². The maximum atomic E-state index is 13.1. The summed E-state index contributed by atoms with van der Waals surface area (Å²) in [6.45, 7) is 1.56. The maximum Gasteiger partial charge on any atom is 0.241 e. The Kier molecular flexibility index (Phi) is 7.85. The highest BCUT2D eigenvalue weighted by Crippen LogP contribution is 2.24. The highest BCUT2D eigenvalue weighted by molar-refractivity contribution is 6.30. The Labute approximate surface area is 193 Å². The fourth-order valence-corrected chi connectivity index (χ4v) is 4.01. The Morgan fingerprint density at radius 1 is 0.935 bits per heavy atom. The van der Waals surface area contributed by atoms with E-state index in [2.05, 4.69) is 10.2 Å². The number of amides is 1. The van der Waals surface area contributed by atoms with Crippen LogP contribution in [0.4, 0.5) is 5.69 Å². The number of hydrogen-bond donors (Lipinski definition) is 1. The number of nitrogens with zero attached hydrogens (tertiary/aromatic N) is 1. The number of anilines is 1. The van der Waals surface area contributed by atoms with E-state index in [1.54, 1.807) is 24.3 Å². The number of para-hydroxylation sites is 1. The van der Waals surface area contributed by atoms with Crippen molar-refractivity contribution in [2.45, 2.75) is 25.4 Å². The molecule has 31 heavy (non-hydrogen) atoms. The van der Waals surface area contributed by atoms with Gasteiger partial charge in [0.25, 0.3) is 0 Å². The van der Waals surface area contributed by atoms with Crippen LogP contribution >= 0.6 is 24.0 Å². The van der Waals surface area contributed by atoms with Crippen LogP contribution < -0.4 is 5.32 Å². The molecule has 3 aromatic rings. The molecular formula is C25H24Cl2N2O2. The molecule has 1 aliphatic rings. The summed E-state index contributed by atoms with van der Waals surface area (Å²) in [4.78, 5) is 28.2. The lowest BCUT2D eigenvalue weighted by Crippen LogP contribution is -2.39. The van der Waals surface area contributed by atoms with Crippen molar-refractivity contribution in [2.24, 2.45) is 0 Å². The van der Waals surface area contributed by atoms with Crippen molar-refractivity contribution in [1.29, 1.82) is 0 Å². The average molecular weight is 455 g/mol. The highest BCUT2D eigenvalue weighted by Gasteiger charge is 2.31. The Balaban J connectivity index is 0.00000272. The Hall–Kier alpha value is -2.66. The van der Waals surface area contributed by atoms with E-state index < -0.39 is 0 Å². The second kappa shape index (κ2) is 10.6. The molecule has 0 bridgehead atoms. The molecule has 0 unspecified atom stereocenters. The fourth-order valence-electron chi connectivity index (χ4n) is 3.89. The van der Waals surface area contributed by atoms with Crippen molar-refractivity contribution in [3.8, 4) is 0 Å². The van der Waals surface area contributed by atoms with Crippen LogP contribution in [0.25, 0.3) is 0 Å². The second-order valence-corrected chi connectivity index (χ2v) is 7.92. The molecule has 1 heterocycles. The van der Waals surface area contributed by atoms with E-state index in [-0.39, 0.29) is 30.1 Å². The number of benzene rings is 3. The molecule has 160 valence electrons. The lowest BCUT2D eigenvalue weighted by Gasteiger charge is -2.24. The number of halogens is 2. The molecular weight excluding hydrogens is 431 g/mol. The van der Waals surface area contributed by atoms with Gasteiger partial charge in [0.2, 0.25) is 5.91 Å². The lowest BCUT2D eigenvalue weighted by molar-refractivity contribution is -0.120. The number of rotatable bonds is 6. The molecule has 1 fully saturated rings. The molecule has 4 nitrogen and oxygen atoms in total. The van der Waals surface area contributed by atoms with E-state index in [1.165, 1.54) is 0 Å². The van der Waals surface area contributed by atoms with Gasteiger partial charge >= 0.3 is 0 Å². The van der Waals surface area contributed by atoms with Crippen LogP contribution in [0.5, 0.6) is 0 Å². The standard InChI is InChI=1S/C25H23ClN2O2.ClH/c26-20-14-12-18(13-15-20)17-28-16-6-11-23(28)25(30)27-22-10-5-4-9-21(22)24(29)19-7-2-1-3-8-19;/h1-5,7-10,12-15,23H,6,11,16-17H2,(H,27,30);1H/t23-;/m0./s1. The minimum atomic E-state index is -0.222. The minimum Gasteiger partial charge on any atom is -0.324 e. The van der Waals surface area contributed by atoms with Gasteiger partial charge in [-0.25, -0.2) is 0 Å². The van der Waals surface area contributed by atoms with Crippen molar-refractivity contribution in [3.05, 3.63) is 101 Å². The molecule has 0 spiro atoms. The zero-order valence-corrected chi connectivity index (χ0v) is 18.5. The average Bonchev–Trinajstić information content (AvgIpc) is 3.24. The summed E-state index contributed by atoms with van der Waals surface area (Å²) < 4.78 is 0. The van der Waals surface area contributed by atoms with Crippen molar-refractivity contribution >= 4 is 41.4 Å². The minimum absolute atomic E-state index is 0. The summed E-state index contributed by atoms with van der Waals surface area (Å²) in [7, 11) is 0. The van der Waals surface area contributed by atoms with E-state index in [9.17, 15) is 9.59 Å². The molecule has 1 N–H and O–H groups in total. The molecule has 4 rings (SSSR count). The van der Waals surface area contributed by atoms with Gasteiger partial charge in [-0.3, -0.25) is 14.5 Å². The molecule has 1 atom stereocenters. The van der Waals surface area contributed by atoms with Gasteiger partial charge in [0.1, 0.15) is 0 Å². The number of ketones is 1. The maximum absolute atomic E-state index is 13.1. The van der Waals surface area contributed by atoms with Crippen LogP contribution in [0.3, 0.4) is 0 Å². The summed E-state index contributed by atoms with van der Waals surface area (Å²) in [5, 5.41) is 3.71. The summed E-state index contributed by atoms with van der Waals surface area (Å²) in [5.74, 6) is -0.175. The predicted octanol–water partition coefficient (Wildman–Crippen LogP) is 5.60. The lowest BCUT2D eigenvalue weighted by atomic mass is 10.0. The molecule has 1 amide bonds. The van der Waals surface area contributed by atoms with Crippen molar-refractivity contribution < 1.29 is 9.59 Å². The van der Waals surface area contributed by atoms with Gasteiger partial charge in [0.05, 0.1) is 11.7 Å². The normalized spacial score (nSPS) is 15.8. The highest BCUT2D eigenvalue weighted by atomic mass is 35.5. The fraction of sp³-hybridized carbons (Fsp3) is 0.200. The third-order valence-electron chi connectivity index (χ3n) is 5.43. The van der Waals surface area contributed by atoms with Crippen LogP contribution in [0.1, 0.15) is 34.3 Å². The number of likely N-dealkylation sites (tertiary alicyclic amines) is 1. The third kappa shape index (κ3) is 5.53. The summed E-state index contributed by atoms with van der Waals surface area (Å²) in [6, 6.07) is 23.8. The zero-order chi connectivity index (χ0) is 20.9. The quantitative estimate of drug-likeness (QED) is 0.493. The van der Waals surface area contributed by atoms with Crippen LogP contribution in [-0.2, 0) is 11.3 Å². The van der Waals surface area contributed by atoms with E-state index in [0.29, 0.717) is 28.4 Å². The smallest absolute Gasteiger partial charge is 0.241 e. The summed E-state index contributed by atoms with van der Waals surface area (Å²) in [6.07, 6.45) is 1.77. The predicted molar refractivity (Wildman–Crippen MR) is 127 cm³/mol. The largest absolute Gasteiger partial charge is 0.324 e. The molecule has 0 radical (unpaired) electrons. The molecule has 0 aromatic heterocycles. The van der Waals surface area contributed by atoms with Gasteiger partial charge in [0, 0.05) is 22.7 Å². The Morgan fingerprint density at radius 2 is 1.61 bits per heavy atom. The third-order valence-corrected chi connectivity index (χ3v) is 5.68. The van der Waals surface area contributed by atoms with Crippen molar-refractivity contribution in [2.75, 3.05) is 11.9 Å². The zero-order valence-electron chi connectivity index (χ0n) is 17.0. The van der Waals surface area contributed by atoms with Crippen molar-refractivity contribution in [3.63, 3.8) is 0 Å². The van der Waals surface area contributed by atoms with E-state index >= 15 is 0 Å². The molecule has 0 saturated carbocycles. The first-order chi connectivity index (χ1) is 14.6. The van der Waals surface area contributed by atoms with Gasteiger partial charge < -0.3 is 5.32 Å². The Bertz CT molecular complexity index is 1040. The van der Waals surface area contributed by atoms with E-state index in [4.69, 9.17) is 11.6 Å². The SMILES string of the molecule is Cl.O=C(c1ccccc1)c1ccccc1NC(=O)[C@@H]1CCCN1Cc1ccc(Cl)cc1. The first-order valence-corrected chi connectivity index (χ1v) is 10.5.